The zero-order chi connectivity index (χ0) is 15.5. The number of benzene rings is 1. The zero-order valence-electron chi connectivity index (χ0n) is 12.2. The second-order valence-corrected chi connectivity index (χ2v) is 5.06. The average molecular weight is 303 g/mol. The molecule has 1 unspecified atom stereocenters. The van der Waals surface area contributed by atoms with Crippen LogP contribution in [0.3, 0.4) is 0 Å². The van der Waals surface area contributed by atoms with Gasteiger partial charge in [-0.2, -0.15) is 13.2 Å². The number of rotatable bonds is 4. The van der Waals surface area contributed by atoms with E-state index in [2.05, 4.69) is 5.32 Å². The van der Waals surface area contributed by atoms with E-state index in [1.54, 1.807) is 6.92 Å². The fourth-order valence-corrected chi connectivity index (χ4v) is 2.69. The summed E-state index contributed by atoms with van der Waals surface area (Å²) >= 11 is 0. The van der Waals surface area contributed by atoms with Crippen LogP contribution in [0.4, 0.5) is 13.2 Å². The first-order valence-electron chi connectivity index (χ1n) is 7.10. The summed E-state index contributed by atoms with van der Waals surface area (Å²) in [4.78, 5) is 0. The fraction of sp³-hybridized carbons (Fsp3) is 0.600. The van der Waals surface area contributed by atoms with Crippen LogP contribution in [0.1, 0.15) is 36.8 Å². The molecule has 0 radical (unpaired) electrons. The van der Waals surface area contributed by atoms with Gasteiger partial charge in [0.25, 0.3) is 0 Å². The Kier molecular flexibility index (Phi) is 4.98. The van der Waals surface area contributed by atoms with Gasteiger partial charge in [0.2, 0.25) is 0 Å². The number of hydrogen-bond donors (Lipinski definition) is 1. The third-order valence-electron chi connectivity index (χ3n) is 3.67. The van der Waals surface area contributed by atoms with Crippen molar-refractivity contribution in [2.24, 2.45) is 0 Å². The molecule has 1 atom stereocenters. The topological polar surface area (TPSA) is 30.5 Å². The van der Waals surface area contributed by atoms with Crippen molar-refractivity contribution in [2.75, 3.05) is 26.8 Å². The summed E-state index contributed by atoms with van der Waals surface area (Å²) in [5.41, 5.74) is -0.00475. The maximum absolute atomic E-state index is 13.1. The monoisotopic (exact) mass is 303 g/mol. The van der Waals surface area contributed by atoms with Gasteiger partial charge in [-0.05, 0) is 38.4 Å². The van der Waals surface area contributed by atoms with E-state index in [1.807, 2.05) is 0 Å². The normalized spacial score (nSPS) is 19.4. The smallest absolute Gasteiger partial charge is 0.420 e. The van der Waals surface area contributed by atoms with E-state index in [9.17, 15) is 13.2 Å². The van der Waals surface area contributed by atoms with Crippen LogP contribution in [0.5, 0.6) is 11.5 Å². The van der Waals surface area contributed by atoms with Crippen molar-refractivity contribution in [3.8, 4) is 11.5 Å². The van der Waals surface area contributed by atoms with Gasteiger partial charge >= 0.3 is 6.18 Å². The van der Waals surface area contributed by atoms with E-state index in [0.29, 0.717) is 0 Å². The third-order valence-corrected chi connectivity index (χ3v) is 3.67. The Balaban J connectivity index is 2.46. The molecule has 0 spiro atoms. The van der Waals surface area contributed by atoms with E-state index in [-0.39, 0.29) is 24.0 Å². The summed E-state index contributed by atoms with van der Waals surface area (Å²) in [6.45, 7) is 3.55. The number of alkyl halides is 3. The number of halogens is 3. The minimum atomic E-state index is -4.46. The van der Waals surface area contributed by atoms with Gasteiger partial charge in [-0.25, -0.2) is 0 Å². The number of piperidine rings is 1. The maximum atomic E-state index is 13.1. The van der Waals surface area contributed by atoms with Crippen LogP contribution in [0.2, 0.25) is 0 Å². The molecule has 6 heteroatoms. The molecule has 0 saturated carbocycles. The van der Waals surface area contributed by atoms with Crippen molar-refractivity contribution in [2.45, 2.75) is 31.9 Å². The van der Waals surface area contributed by atoms with E-state index in [1.165, 1.54) is 13.2 Å². The average Bonchev–Trinajstić information content (AvgIpc) is 2.47. The summed E-state index contributed by atoms with van der Waals surface area (Å²) in [7, 11) is 1.40. The maximum Gasteiger partial charge on any atom is 0.420 e. The molecule has 0 amide bonds. The van der Waals surface area contributed by atoms with Crippen molar-refractivity contribution in [1.29, 1.82) is 0 Å². The predicted molar refractivity (Wildman–Crippen MR) is 74.0 cm³/mol. The van der Waals surface area contributed by atoms with E-state index in [0.717, 1.165) is 37.6 Å². The van der Waals surface area contributed by atoms with Gasteiger partial charge in [-0.1, -0.05) is 0 Å². The zero-order valence-corrected chi connectivity index (χ0v) is 12.2. The predicted octanol–water partition coefficient (Wildman–Crippen LogP) is 3.58. The Morgan fingerprint density at radius 1 is 1.29 bits per heavy atom. The van der Waals surface area contributed by atoms with Crippen molar-refractivity contribution in [3.05, 3.63) is 23.3 Å². The largest absolute Gasteiger partial charge is 0.496 e. The Morgan fingerprint density at radius 2 is 2.05 bits per heavy atom. The molecule has 0 bridgehead atoms. The number of hydrogen-bond acceptors (Lipinski definition) is 3. The van der Waals surface area contributed by atoms with Gasteiger partial charge in [-0.15, -0.1) is 0 Å². The number of methoxy groups -OCH3 is 1. The van der Waals surface area contributed by atoms with Crippen LogP contribution >= 0.6 is 0 Å². The lowest BCUT2D eigenvalue weighted by Crippen LogP contribution is -2.28. The van der Waals surface area contributed by atoms with Gasteiger partial charge < -0.3 is 14.8 Å². The minimum absolute atomic E-state index is 0.119. The molecule has 0 aromatic heterocycles. The second kappa shape index (κ2) is 6.56. The van der Waals surface area contributed by atoms with Crippen LogP contribution in [-0.4, -0.2) is 26.8 Å². The highest BCUT2D eigenvalue weighted by Crippen LogP contribution is 2.43. The molecule has 1 aromatic rings. The molecule has 1 aliphatic heterocycles. The van der Waals surface area contributed by atoms with Crippen LogP contribution < -0.4 is 14.8 Å². The summed E-state index contributed by atoms with van der Waals surface area (Å²) in [5.74, 6) is 0.307. The van der Waals surface area contributed by atoms with Crippen LogP contribution in [0, 0.1) is 0 Å². The van der Waals surface area contributed by atoms with E-state index >= 15 is 0 Å². The van der Waals surface area contributed by atoms with Gasteiger partial charge in [0.05, 0.1) is 13.7 Å². The highest BCUT2D eigenvalue weighted by atomic mass is 19.4. The first-order valence-corrected chi connectivity index (χ1v) is 7.10. The summed E-state index contributed by atoms with van der Waals surface area (Å²) in [6.07, 6.45) is -2.53. The molecular weight excluding hydrogens is 283 g/mol. The Labute approximate surface area is 122 Å². The molecule has 3 nitrogen and oxygen atoms in total. The minimum Gasteiger partial charge on any atom is -0.496 e. The molecule has 0 aliphatic carbocycles. The fourth-order valence-electron chi connectivity index (χ4n) is 2.69. The lowest BCUT2D eigenvalue weighted by atomic mass is 9.90. The van der Waals surface area contributed by atoms with E-state index in [4.69, 9.17) is 9.47 Å². The number of nitrogens with one attached hydrogen (secondary N) is 1. The molecule has 1 heterocycles. The van der Waals surface area contributed by atoms with Crippen LogP contribution in [0.15, 0.2) is 12.1 Å². The molecule has 1 aliphatic rings. The number of ether oxygens (including phenoxy) is 2. The summed E-state index contributed by atoms with van der Waals surface area (Å²) in [6, 6.07) is 2.54. The molecule has 1 N–H and O–H groups in total. The summed E-state index contributed by atoms with van der Waals surface area (Å²) in [5, 5.41) is 3.26. The molecule has 1 aromatic carbocycles. The van der Waals surface area contributed by atoms with Crippen LogP contribution in [-0.2, 0) is 6.18 Å². The SMILES string of the molecule is CCOc1cc(C2CCCNC2)c(OC)cc1C(F)(F)F. The Morgan fingerprint density at radius 3 is 2.57 bits per heavy atom. The first kappa shape index (κ1) is 15.9. The molecule has 21 heavy (non-hydrogen) atoms. The molecular formula is C15H20F3NO2. The lowest BCUT2D eigenvalue weighted by Gasteiger charge is -2.26. The van der Waals surface area contributed by atoms with Crippen molar-refractivity contribution >= 4 is 0 Å². The van der Waals surface area contributed by atoms with Gasteiger partial charge in [0.1, 0.15) is 17.1 Å². The molecule has 1 saturated heterocycles. The molecule has 1 fully saturated rings. The second-order valence-electron chi connectivity index (χ2n) is 5.06. The summed E-state index contributed by atoms with van der Waals surface area (Å²) < 4.78 is 49.7. The third kappa shape index (κ3) is 3.61. The first-order chi connectivity index (χ1) is 9.97. The highest BCUT2D eigenvalue weighted by molar-refractivity contribution is 5.49. The van der Waals surface area contributed by atoms with Crippen molar-refractivity contribution in [1.82, 2.24) is 5.32 Å². The van der Waals surface area contributed by atoms with E-state index < -0.39 is 11.7 Å². The van der Waals surface area contributed by atoms with Crippen LogP contribution in [0.25, 0.3) is 0 Å². The lowest BCUT2D eigenvalue weighted by molar-refractivity contribution is -0.139. The van der Waals surface area contributed by atoms with Crippen molar-refractivity contribution in [3.63, 3.8) is 0 Å². The Bertz CT molecular complexity index is 483. The van der Waals surface area contributed by atoms with Crippen molar-refractivity contribution < 1.29 is 22.6 Å². The molecule has 2 rings (SSSR count). The standard InChI is InChI=1S/C15H20F3NO2/c1-3-21-14-7-11(10-5-4-6-19-9-10)13(20-2)8-12(14)15(16,17)18/h7-8,10,19H,3-6,9H2,1-2H3. The highest BCUT2D eigenvalue weighted by Gasteiger charge is 2.36. The van der Waals surface area contributed by atoms with Gasteiger partial charge in [0.15, 0.2) is 0 Å². The van der Waals surface area contributed by atoms with Gasteiger partial charge in [0, 0.05) is 18.0 Å². The Hall–Kier alpha value is -1.43. The van der Waals surface area contributed by atoms with Gasteiger partial charge in [-0.3, -0.25) is 0 Å². The molecule has 118 valence electrons. The quantitative estimate of drug-likeness (QED) is 0.922.